The average Bonchev–Trinajstić information content (AvgIpc) is 4.04. The molecule has 2 fully saturated rings. The van der Waals surface area contributed by atoms with Gasteiger partial charge in [-0.05, 0) is 36.5 Å². The van der Waals surface area contributed by atoms with Crippen LogP contribution in [0.1, 0.15) is 55.7 Å². The first-order valence-corrected chi connectivity index (χ1v) is 23.6. The molecular formula is C45H68ClN17O7. The summed E-state index contributed by atoms with van der Waals surface area (Å²) in [7, 11) is 0. The summed E-state index contributed by atoms with van der Waals surface area (Å²) in [5.41, 5.74) is 13.3. The van der Waals surface area contributed by atoms with Gasteiger partial charge in [-0.15, -0.1) is 16.6 Å². The van der Waals surface area contributed by atoms with E-state index in [2.05, 4.69) is 55.6 Å². The Labute approximate surface area is 414 Å². The fourth-order valence-electron chi connectivity index (χ4n) is 7.92. The first-order valence-electron chi connectivity index (χ1n) is 23.6. The Morgan fingerprint density at radius 1 is 0.814 bits per heavy atom. The van der Waals surface area contributed by atoms with Gasteiger partial charge in [0.25, 0.3) is 0 Å². The predicted octanol–water partition coefficient (Wildman–Crippen LogP) is -5.25. The number of aromatic hydroxyl groups is 1. The van der Waals surface area contributed by atoms with E-state index in [-0.39, 0.29) is 55.1 Å². The van der Waals surface area contributed by atoms with Crippen LogP contribution < -0.4 is 44.0 Å². The molecule has 2 aliphatic heterocycles. The summed E-state index contributed by atoms with van der Waals surface area (Å²) in [6.07, 6.45) is 11.6. The number of aliphatic hydroxyl groups is 1. The normalized spacial score (nSPS) is 15.2. The first-order chi connectivity index (χ1) is 33.6. The predicted molar refractivity (Wildman–Crippen MR) is 255 cm³/mol. The Bertz CT molecular complexity index is 2270. The summed E-state index contributed by atoms with van der Waals surface area (Å²) in [5.74, 6) is 3.90. The molecule has 3 unspecified atom stereocenters. The number of halogens is 1. The van der Waals surface area contributed by atoms with Crippen molar-refractivity contribution in [2.75, 3.05) is 127 Å². The van der Waals surface area contributed by atoms with Gasteiger partial charge in [0.15, 0.2) is 0 Å². The van der Waals surface area contributed by atoms with E-state index in [0.717, 1.165) is 24.1 Å². The van der Waals surface area contributed by atoms with E-state index in [9.17, 15) is 19.8 Å². The maximum Gasteiger partial charge on any atom is 0.338 e. The van der Waals surface area contributed by atoms with Crippen molar-refractivity contribution >= 4 is 35.6 Å². The molecule has 382 valence electrons. The number of phenolic OH excluding ortho intramolecular Hbond substituents is 1. The van der Waals surface area contributed by atoms with Gasteiger partial charge < -0.3 is 61.7 Å². The lowest BCUT2D eigenvalue weighted by molar-refractivity contribution is -0.459. The first kappa shape index (κ1) is 54.5. The fraction of sp³-hybridized carbons (Fsp3) is 0.600. The SMILES string of the molecule is C#CCOCCOCCOCCNc1nc(N2CCN(C(=O)C(Cc3ccc(O)cc3)n3cc(CCO)nn3)CC2)nc(N2CCN(C(=O)C(C(C)CC)n3cc(CCC[NH+]=C(N)N)nn3)CC2)n1.[Cl-]. The second kappa shape index (κ2) is 28.3. The number of piperazine rings is 2. The number of rotatable bonds is 27. The number of ether oxygens (including phenoxy) is 3. The lowest BCUT2D eigenvalue weighted by atomic mass is 9.97. The molecule has 6 rings (SSSR count). The molecule has 70 heavy (non-hydrogen) atoms. The van der Waals surface area contributed by atoms with E-state index in [4.69, 9.17) is 47.1 Å². The second-order valence-electron chi connectivity index (χ2n) is 16.8. The van der Waals surface area contributed by atoms with Gasteiger partial charge in [0.1, 0.15) is 24.4 Å². The smallest absolute Gasteiger partial charge is 0.338 e. The number of nitrogens with one attached hydrogen (secondary N) is 2. The number of nitrogens with zero attached hydrogens (tertiary/aromatic N) is 13. The molecule has 2 amide bonds. The number of nitrogens with two attached hydrogens (primary N) is 2. The van der Waals surface area contributed by atoms with Crippen LogP contribution in [0.15, 0.2) is 36.7 Å². The number of hydrogen-bond donors (Lipinski definition) is 6. The monoisotopic (exact) mass is 994 g/mol. The van der Waals surface area contributed by atoms with Gasteiger partial charge in [0, 0.05) is 90.7 Å². The summed E-state index contributed by atoms with van der Waals surface area (Å²) in [5, 5.41) is 39.9. The van der Waals surface area contributed by atoms with Crippen molar-refractivity contribution < 1.29 is 51.4 Å². The maximum atomic E-state index is 14.3. The van der Waals surface area contributed by atoms with Crippen LogP contribution in [0.5, 0.6) is 5.75 Å². The van der Waals surface area contributed by atoms with Gasteiger partial charge in [-0.2, -0.15) is 15.0 Å². The zero-order chi connectivity index (χ0) is 49.0. The van der Waals surface area contributed by atoms with Crippen LogP contribution in [0.25, 0.3) is 0 Å². The fourth-order valence-corrected chi connectivity index (χ4v) is 7.92. The Kier molecular flexibility index (Phi) is 22.1. The van der Waals surface area contributed by atoms with Gasteiger partial charge in [0.2, 0.25) is 29.7 Å². The number of phenols is 1. The van der Waals surface area contributed by atoms with E-state index in [1.807, 2.05) is 16.0 Å². The number of hydrogen-bond acceptors (Lipinski definition) is 17. The second-order valence-corrected chi connectivity index (χ2v) is 16.8. The zero-order valence-electron chi connectivity index (χ0n) is 40.1. The minimum absolute atomic E-state index is 0. The highest BCUT2D eigenvalue weighted by molar-refractivity contribution is 5.81. The summed E-state index contributed by atoms with van der Waals surface area (Å²) < 4.78 is 19.8. The van der Waals surface area contributed by atoms with Crippen LogP contribution in [0, 0.1) is 18.3 Å². The molecule has 8 N–H and O–H groups in total. The number of aliphatic hydroxyl groups excluding tert-OH is 1. The molecule has 4 aromatic rings. The molecule has 3 aromatic heterocycles. The van der Waals surface area contributed by atoms with Crippen molar-refractivity contribution in [1.82, 2.24) is 54.7 Å². The molecule has 0 bridgehead atoms. The largest absolute Gasteiger partial charge is 1.00 e. The number of benzene rings is 1. The van der Waals surface area contributed by atoms with Crippen LogP contribution in [0.2, 0.25) is 0 Å². The topological polar surface area (TPSA) is 293 Å². The lowest BCUT2D eigenvalue weighted by Crippen LogP contribution is -3.00. The highest BCUT2D eigenvalue weighted by Crippen LogP contribution is 2.26. The Morgan fingerprint density at radius 2 is 1.39 bits per heavy atom. The van der Waals surface area contributed by atoms with Crippen LogP contribution >= 0.6 is 0 Å². The number of terminal acetylenes is 1. The molecule has 25 heteroatoms. The third kappa shape index (κ3) is 16.1. The summed E-state index contributed by atoms with van der Waals surface area (Å²) in [6.45, 7) is 10.9. The van der Waals surface area contributed by atoms with E-state index in [1.165, 1.54) is 0 Å². The average molecular weight is 995 g/mol. The number of anilines is 3. The van der Waals surface area contributed by atoms with Gasteiger partial charge in [-0.1, -0.05) is 48.7 Å². The molecular weight excluding hydrogens is 926 g/mol. The Morgan fingerprint density at radius 3 is 1.99 bits per heavy atom. The maximum absolute atomic E-state index is 14.3. The van der Waals surface area contributed by atoms with Gasteiger partial charge in [-0.25, -0.2) is 9.36 Å². The number of guanidine groups is 1. The third-order valence-electron chi connectivity index (χ3n) is 11.9. The van der Waals surface area contributed by atoms with Crippen molar-refractivity contribution in [2.45, 2.75) is 58.0 Å². The van der Waals surface area contributed by atoms with Gasteiger partial charge >= 0.3 is 5.96 Å². The molecule has 0 radical (unpaired) electrons. The molecule has 24 nitrogen and oxygen atoms in total. The summed E-state index contributed by atoms with van der Waals surface area (Å²) in [4.78, 5) is 53.9. The van der Waals surface area contributed by atoms with Crippen molar-refractivity contribution in [2.24, 2.45) is 17.4 Å². The Hall–Kier alpha value is -6.39. The molecule has 0 aliphatic carbocycles. The summed E-state index contributed by atoms with van der Waals surface area (Å²) >= 11 is 0. The quantitative estimate of drug-likeness (QED) is 0.0141. The highest BCUT2D eigenvalue weighted by atomic mass is 35.5. The minimum atomic E-state index is -0.698. The van der Waals surface area contributed by atoms with E-state index in [1.54, 1.807) is 44.7 Å². The third-order valence-corrected chi connectivity index (χ3v) is 11.9. The van der Waals surface area contributed by atoms with Crippen LogP contribution in [-0.2, 0) is 43.1 Å². The van der Waals surface area contributed by atoms with E-state index >= 15 is 0 Å². The molecule has 3 atom stereocenters. The lowest BCUT2D eigenvalue weighted by Gasteiger charge is -2.38. The number of carbonyl (C=O) groups excluding carboxylic acids is 2. The molecule has 2 aliphatic rings. The number of amides is 2. The van der Waals surface area contributed by atoms with Crippen LogP contribution in [-0.4, -0.2) is 194 Å². The molecule has 0 saturated carbocycles. The standard InChI is InChI=1S/C45H67N17O7.ClH/c1-4-24-67-26-28-69-29-27-68-25-14-49-43-50-44(59-19-15-57(16-20-59)40(65)38(30-34-8-10-37(64)11-9-34)61-31-36(12-23-63)54-55-61)52-45(51-43)60-21-17-58(18-22-60)41(66)39(33(3)5-2)62-32-35(53-56-62)7-6-13-48-42(46)47;/h1,8-11,31-33,38-39,63-64H,5-7,12-30H2,2-3H3,(H4,46,47,48)(H,49,50,51,52);1H. The molecule has 1 aromatic carbocycles. The van der Waals surface area contributed by atoms with Crippen LogP contribution in [0.3, 0.4) is 0 Å². The number of carbonyl (C=O) groups is 2. The zero-order valence-corrected chi connectivity index (χ0v) is 40.9. The number of aromatic nitrogens is 9. The minimum Gasteiger partial charge on any atom is -1.00 e. The van der Waals surface area contributed by atoms with Crippen molar-refractivity contribution in [3.05, 3.63) is 53.6 Å². The molecule has 2 saturated heterocycles. The van der Waals surface area contributed by atoms with Gasteiger partial charge in [-0.3, -0.25) is 26.0 Å². The number of aryl methyl sites for hydroxylation is 1. The molecule has 0 spiro atoms. The van der Waals surface area contributed by atoms with Crippen LogP contribution in [0.4, 0.5) is 17.8 Å². The van der Waals surface area contributed by atoms with Crippen molar-refractivity contribution in [3.8, 4) is 18.1 Å². The molecule has 5 heterocycles. The van der Waals surface area contributed by atoms with E-state index < -0.39 is 12.1 Å². The van der Waals surface area contributed by atoms with Gasteiger partial charge in [0.05, 0.1) is 51.0 Å². The summed E-state index contributed by atoms with van der Waals surface area (Å²) in [6, 6.07) is 5.53. The Balaban J connectivity index is 0.00000913. The van der Waals surface area contributed by atoms with Crippen molar-refractivity contribution in [3.63, 3.8) is 0 Å². The van der Waals surface area contributed by atoms with Crippen molar-refractivity contribution in [1.29, 1.82) is 0 Å². The van der Waals surface area contributed by atoms with E-state index in [0.29, 0.717) is 141 Å². The highest BCUT2D eigenvalue weighted by Gasteiger charge is 2.35.